The van der Waals surface area contributed by atoms with Gasteiger partial charge in [-0.05, 0) is 35.2 Å². The summed E-state index contributed by atoms with van der Waals surface area (Å²) in [4.78, 5) is 11.6. The van der Waals surface area contributed by atoms with Crippen LogP contribution in [0.2, 0.25) is 0 Å². The summed E-state index contributed by atoms with van der Waals surface area (Å²) in [6.07, 6.45) is 0.967. The Labute approximate surface area is 119 Å². The van der Waals surface area contributed by atoms with Crippen molar-refractivity contribution < 1.29 is 9.90 Å². The molecule has 2 aromatic carbocycles. The van der Waals surface area contributed by atoms with E-state index in [1.165, 1.54) is 0 Å². The molecule has 3 heteroatoms. The number of carbonyl (C=O) groups is 1. The molecule has 2 N–H and O–H groups in total. The first kappa shape index (κ1) is 14.5. The van der Waals surface area contributed by atoms with Crippen LogP contribution in [0.25, 0.3) is 10.8 Å². The zero-order chi connectivity index (χ0) is 14.5. The van der Waals surface area contributed by atoms with Gasteiger partial charge >= 0.3 is 5.97 Å². The van der Waals surface area contributed by atoms with Crippen LogP contribution >= 0.6 is 0 Å². The van der Waals surface area contributed by atoms with Crippen molar-refractivity contribution in [1.82, 2.24) is 5.32 Å². The number of rotatable bonds is 6. The largest absolute Gasteiger partial charge is 0.480 e. The average Bonchev–Trinajstić information content (AvgIpc) is 2.42. The molecular weight excluding hydrogens is 250 g/mol. The van der Waals surface area contributed by atoms with Crippen LogP contribution in [0.3, 0.4) is 0 Å². The van der Waals surface area contributed by atoms with Gasteiger partial charge in [-0.25, -0.2) is 0 Å². The smallest absolute Gasteiger partial charge is 0.325 e. The number of fused-ring (bicyclic) bond motifs is 1. The Kier molecular flexibility index (Phi) is 4.74. The summed E-state index contributed by atoms with van der Waals surface area (Å²) in [6.45, 7) is 4.97. The van der Waals surface area contributed by atoms with Gasteiger partial charge in [0, 0.05) is 0 Å². The molecule has 0 fully saturated rings. The van der Waals surface area contributed by atoms with Gasteiger partial charge in [0.2, 0.25) is 0 Å². The van der Waals surface area contributed by atoms with Crippen molar-refractivity contribution >= 4 is 16.7 Å². The molecule has 0 aliphatic carbocycles. The summed E-state index contributed by atoms with van der Waals surface area (Å²) in [5, 5.41) is 14.7. The van der Waals surface area contributed by atoms with Gasteiger partial charge in [-0.1, -0.05) is 56.3 Å². The highest BCUT2D eigenvalue weighted by molar-refractivity contribution is 5.90. The summed E-state index contributed by atoms with van der Waals surface area (Å²) in [5.74, 6) is -0.269. The Morgan fingerprint density at radius 1 is 1.15 bits per heavy atom. The first-order chi connectivity index (χ1) is 9.59. The minimum absolute atomic E-state index is 0.560. The molecule has 0 aliphatic rings. The number of benzene rings is 2. The van der Waals surface area contributed by atoms with Gasteiger partial charge in [0.05, 0.1) is 0 Å². The van der Waals surface area contributed by atoms with Crippen LogP contribution in [0.1, 0.15) is 31.9 Å². The monoisotopic (exact) mass is 271 g/mol. The molecule has 0 bridgehead atoms. The van der Waals surface area contributed by atoms with Gasteiger partial charge in [-0.15, -0.1) is 0 Å². The molecule has 106 valence electrons. The molecule has 0 radical (unpaired) electrons. The second kappa shape index (κ2) is 6.53. The Bertz CT molecular complexity index is 587. The lowest BCUT2D eigenvalue weighted by Crippen LogP contribution is -2.30. The lowest BCUT2D eigenvalue weighted by atomic mass is 9.98. The van der Waals surface area contributed by atoms with Crippen LogP contribution in [-0.4, -0.2) is 17.6 Å². The van der Waals surface area contributed by atoms with Gasteiger partial charge in [0.25, 0.3) is 0 Å². The van der Waals surface area contributed by atoms with Crippen molar-refractivity contribution in [2.75, 3.05) is 6.54 Å². The molecule has 0 spiro atoms. The molecule has 0 saturated carbocycles. The first-order valence-corrected chi connectivity index (χ1v) is 7.03. The molecule has 0 amide bonds. The number of nitrogens with one attached hydrogen (secondary N) is 1. The zero-order valence-electron chi connectivity index (χ0n) is 12.0. The number of hydrogen-bond acceptors (Lipinski definition) is 2. The van der Waals surface area contributed by atoms with E-state index in [9.17, 15) is 9.90 Å². The molecule has 1 unspecified atom stereocenters. The minimum Gasteiger partial charge on any atom is -0.480 e. The Hall–Kier alpha value is -1.87. The molecule has 20 heavy (non-hydrogen) atoms. The predicted octanol–water partition coefficient (Wildman–Crippen LogP) is 3.60. The maximum absolute atomic E-state index is 11.6. The third-order valence-corrected chi connectivity index (χ3v) is 3.45. The van der Waals surface area contributed by atoms with Crippen molar-refractivity contribution in [2.45, 2.75) is 26.3 Å². The molecular formula is C17H21NO2. The number of hydrogen-bond donors (Lipinski definition) is 2. The molecule has 0 saturated heterocycles. The van der Waals surface area contributed by atoms with Crippen molar-refractivity contribution in [3.63, 3.8) is 0 Å². The fourth-order valence-corrected chi connectivity index (χ4v) is 2.35. The van der Waals surface area contributed by atoms with E-state index >= 15 is 0 Å². The molecule has 1 atom stereocenters. The molecule has 2 aromatic rings. The van der Waals surface area contributed by atoms with Gasteiger partial charge < -0.3 is 10.4 Å². The number of carboxylic acid groups (broad SMARTS) is 1. The van der Waals surface area contributed by atoms with Crippen LogP contribution < -0.4 is 5.32 Å². The lowest BCUT2D eigenvalue weighted by molar-refractivity contribution is -0.139. The van der Waals surface area contributed by atoms with Crippen LogP contribution in [0.4, 0.5) is 0 Å². The first-order valence-electron chi connectivity index (χ1n) is 7.03. The van der Waals surface area contributed by atoms with E-state index in [4.69, 9.17) is 0 Å². The highest BCUT2D eigenvalue weighted by Gasteiger charge is 2.20. The summed E-state index contributed by atoms with van der Waals surface area (Å²) in [6, 6.07) is 13.1. The molecule has 0 aromatic heterocycles. The van der Waals surface area contributed by atoms with Gasteiger partial charge in [0.1, 0.15) is 6.04 Å². The third-order valence-electron chi connectivity index (χ3n) is 3.45. The Balaban J connectivity index is 2.29. The molecule has 2 rings (SSSR count). The van der Waals surface area contributed by atoms with E-state index in [0.717, 1.165) is 22.8 Å². The quantitative estimate of drug-likeness (QED) is 0.844. The number of aliphatic carboxylic acids is 1. The third kappa shape index (κ3) is 3.36. The molecule has 3 nitrogen and oxygen atoms in total. The van der Waals surface area contributed by atoms with E-state index in [0.29, 0.717) is 12.5 Å². The highest BCUT2D eigenvalue weighted by atomic mass is 16.4. The van der Waals surface area contributed by atoms with Gasteiger partial charge in [-0.2, -0.15) is 0 Å². The van der Waals surface area contributed by atoms with Crippen molar-refractivity contribution in [3.8, 4) is 0 Å². The Morgan fingerprint density at radius 2 is 1.85 bits per heavy atom. The maximum Gasteiger partial charge on any atom is 0.325 e. The van der Waals surface area contributed by atoms with Crippen LogP contribution in [-0.2, 0) is 4.79 Å². The standard InChI is InChI=1S/C17H21NO2/c1-12(2)10-11-18-16(17(19)20)15-9-5-7-13-6-3-4-8-14(13)15/h3-9,12,16,18H,10-11H2,1-2H3,(H,19,20). The van der Waals surface area contributed by atoms with Crippen molar-refractivity contribution in [3.05, 3.63) is 48.0 Å². The van der Waals surface area contributed by atoms with Crippen molar-refractivity contribution in [2.24, 2.45) is 5.92 Å². The van der Waals surface area contributed by atoms with Crippen molar-refractivity contribution in [1.29, 1.82) is 0 Å². The summed E-state index contributed by atoms with van der Waals surface area (Å²) in [7, 11) is 0. The fourth-order valence-electron chi connectivity index (χ4n) is 2.35. The summed E-state index contributed by atoms with van der Waals surface area (Å²) in [5.41, 5.74) is 0.833. The van der Waals surface area contributed by atoms with E-state index in [-0.39, 0.29) is 0 Å². The van der Waals surface area contributed by atoms with E-state index in [1.807, 2.05) is 42.5 Å². The second-order valence-corrected chi connectivity index (χ2v) is 5.48. The van der Waals surface area contributed by atoms with Gasteiger partial charge in [-0.3, -0.25) is 4.79 Å². The van der Waals surface area contributed by atoms with Crippen LogP contribution in [0, 0.1) is 5.92 Å². The topological polar surface area (TPSA) is 49.3 Å². The predicted molar refractivity (Wildman–Crippen MR) is 81.8 cm³/mol. The highest BCUT2D eigenvalue weighted by Crippen LogP contribution is 2.24. The SMILES string of the molecule is CC(C)CCNC(C(=O)O)c1cccc2ccccc12. The Morgan fingerprint density at radius 3 is 2.55 bits per heavy atom. The fraction of sp³-hybridized carbons (Fsp3) is 0.353. The minimum atomic E-state index is -0.829. The second-order valence-electron chi connectivity index (χ2n) is 5.48. The van der Waals surface area contributed by atoms with Crippen LogP contribution in [0.5, 0.6) is 0 Å². The number of carboxylic acids is 1. The molecule has 0 heterocycles. The summed E-state index contributed by atoms with van der Waals surface area (Å²) >= 11 is 0. The summed E-state index contributed by atoms with van der Waals surface area (Å²) < 4.78 is 0. The lowest BCUT2D eigenvalue weighted by Gasteiger charge is -2.17. The van der Waals surface area contributed by atoms with E-state index < -0.39 is 12.0 Å². The van der Waals surface area contributed by atoms with E-state index in [2.05, 4.69) is 19.2 Å². The molecule has 0 aliphatic heterocycles. The zero-order valence-corrected chi connectivity index (χ0v) is 12.0. The maximum atomic E-state index is 11.6. The van der Waals surface area contributed by atoms with E-state index in [1.54, 1.807) is 0 Å². The normalized spacial score (nSPS) is 12.8. The average molecular weight is 271 g/mol. The van der Waals surface area contributed by atoms with Gasteiger partial charge in [0.15, 0.2) is 0 Å². The van der Waals surface area contributed by atoms with Crippen LogP contribution in [0.15, 0.2) is 42.5 Å².